The first-order chi connectivity index (χ1) is 17.2. The fourth-order valence-electron chi connectivity index (χ4n) is 5.04. The number of hydrogen-bond acceptors (Lipinski definition) is 5. The predicted octanol–water partition coefficient (Wildman–Crippen LogP) is 4.40. The van der Waals surface area contributed by atoms with E-state index in [1.165, 1.54) is 5.56 Å². The van der Waals surface area contributed by atoms with Crippen LogP contribution in [0.15, 0.2) is 90.2 Å². The Hall–Kier alpha value is -4.10. The maximum atomic E-state index is 13.8. The normalized spacial score (nSPS) is 16.2. The summed E-state index contributed by atoms with van der Waals surface area (Å²) in [5.74, 6) is 0. The lowest BCUT2D eigenvalue weighted by Gasteiger charge is -2.17. The van der Waals surface area contributed by atoms with Crippen molar-refractivity contribution in [3.63, 3.8) is 0 Å². The monoisotopic (exact) mass is 462 g/mol. The largest absolute Gasteiger partial charge is 0.335 e. The average molecular weight is 463 g/mol. The minimum absolute atomic E-state index is 0.0452. The first-order valence-electron chi connectivity index (χ1n) is 11.9. The van der Waals surface area contributed by atoms with E-state index in [1.54, 1.807) is 23.2 Å². The molecule has 4 aromatic heterocycles. The SMILES string of the molecule is Cc1cccnc1CN1CCC(n2c(=O)n(-c3ccc(-c4ccncc4)cc3)c3cccnc32)C1. The highest BCUT2D eigenvalue weighted by molar-refractivity contribution is 5.74. The summed E-state index contributed by atoms with van der Waals surface area (Å²) < 4.78 is 3.67. The number of pyridine rings is 3. The van der Waals surface area contributed by atoms with Gasteiger partial charge in [-0.15, -0.1) is 0 Å². The number of fused-ring (bicyclic) bond motifs is 1. The molecule has 174 valence electrons. The van der Waals surface area contributed by atoms with Gasteiger partial charge in [0.1, 0.15) is 0 Å². The summed E-state index contributed by atoms with van der Waals surface area (Å²) in [4.78, 5) is 29.4. The maximum Gasteiger partial charge on any atom is 0.335 e. The maximum absolute atomic E-state index is 13.8. The Bertz CT molecular complexity index is 1540. The van der Waals surface area contributed by atoms with E-state index in [-0.39, 0.29) is 11.7 Å². The number of rotatable bonds is 5. The van der Waals surface area contributed by atoms with Gasteiger partial charge in [-0.2, -0.15) is 0 Å². The number of imidazole rings is 1. The van der Waals surface area contributed by atoms with E-state index in [0.29, 0.717) is 0 Å². The molecule has 5 aromatic rings. The van der Waals surface area contributed by atoms with E-state index < -0.39 is 0 Å². The molecule has 7 heteroatoms. The lowest BCUT2D eigenvalue weighted by Crippen LogP contribution is -2.29. The second-order valence-corrected chi connectivity index (χ2v) is 9.06. The van der Waals surface area contributed by atoms with Gasteiger partial charge >= 0.3 is 5.69 Å². The molecule has 7 nitrogen and oxygen atoms in total. The van der Waals surface area contributed by atoms with Crippen molar-refractivity contribution in [1.29, 1.82) is 0 Å². The number of nitrogens with zero attached hydrogens (tertiary/aromatic N) is 6. The minimum Gasteiger partial charge on any atom is -0.295 e. The molecular weight excluding hydrogens is 436 g/mol. The number of benzene rings is 1. The Morgan fingerprint density at radius 3 is 2.43 bits per heavy atom. The molecule has 1 aliphatic heterocycles. The van der Waals surface area contributed by atoms with Gasteiger partial charge in [0.25, 0.3) is 0 Å². The quantitative estimate of drug-likeness (QED) is 0.387. The molecule has 1 unspecified atom stereocenters. The Morgan fingerprint density at radius 2 is 1.63 bits per heavy atom. The lowest BCUT2D eigenvalue weighted by molar-refractivity contribution is 0.311. The molecule has 0 radical (unpaired) electrons. The number of aromatic nitrogens is 5. The minimum atomic E-state index is -0.0452. The zero-order valence-corrected chi connectivity index (χ0v) is 19.6. The van der Waals surface area contributed by atoms with Crippen molar-refractivity contribution in [3.8, 4) is 16.8 Å². The van der Waals surface area contributed by atoms with Gasteiger partial charge in [0.15, 0.2) is 5.65 Å². The van der Waals surface area contributed by atoms with Crippen LogP contribution < -0.4 is 5.69 Å². The topological polar surface area (TPSA) is 68.8 Å². The molecule has 0 aliphatic carbocycles. The Labute approximate surface area is 203 Å². The lowest BCUT2D eigenvalue weighted by atomic mass is 10.1. The highest BCUT2D eigenvalue weighted by Gasteiger charge is 2.29. The highest BCUT2D eigenvalue weighted by atomic mass is 16.2. The zero-order chi connectivity index (χ0) is 23.8. The molecule has 1 saturated heterocycles. The molecule has 0 bridgehead atoms. The van der Waals surface area contributed by atoms with Crippen molar-refractivity contribution in [1.82, 2.24) is 29.0 Å². The Kier molecular flexibility index (Phi) is 5.47. The third-order valence-corrected chi connectivity index (χ3v) is 6.88. The van der Waals surface area contributed by atoms with Gasteiger partial charge in [0.05, 0.1) is 22.9 Å². The van der Waals surface area contributed by atoms with Crippen molar-refractivity contribution < 1.29 is 0 Å². The van der Waals surface area contributed by atoms with Gasteiger partial charge in [-0.05, 0) is 72.5 Å². The molecular formula is C28H26N6O. The molecule has 0 N–H and O–H groups in total. The van der Waals surface area contributed by atoms with Crippen LogP contribution in [0.2, 0.25) is 0 Å². The van der Waals surface area contributed by atoms with E-state index in [1.807, 2.05) is 65.4 Å². The van der Waals surface area contributed by atoms with Gasteiger partial charge in [0, 0.05) is 44.4 Å². The predicted molar refractivity (Wildman–Crippen MR) is 136 cm³/mol. The van der Waals surface area contributed by atoms with Crippen molar-refractivity contribution in [3.05, 3.63) is 107 Å². The van der Waals surface area contributed by atoms with Crippen LogP contribution in [0.4, 0.5) is 0 Å². The third kappa shape index (κ3) is 3.94. The van der Waals surface area contributed by atoms with Crippen molar-refractivity contribution in [2.24, 2.45) is 0 Å². The highest BCUT2D eigenvalue weighted by Crippen LogP contribution is 2.27. The van der Waals surface area contributed by atoms with Crippen LogP contribution >= 0.6 is 0 Å². The van der Waals surface area contributed by atoms with Crippen LogP contribution in [0, 0.1) is 6.92 Å². The first kappa shape index (κ1) is 21.4. The molecule has 0 spiro atoms. The molecule has 6 rings (SSSR count). The summed E-state index contributed by atoms with van der Waals surface area (Å²) >= 11 is 0. The second kappa shape index (κ2) is 8.92. The van der Waals surface area contributed by atoms with E-state index in [0.717, 1.165) is 59.7 Å². The standard InChI is InChI=1S/C28H26N6O/c1-20-4-2-13-30-25(20)19-32-17-12-24(18-32)34-27-26(5-3-14-31-27)33(28(34)35)23-8-6-21(7-9-23)22-10-15-29-16-11-22/h2-11,13-16,24H,12,17-19H2,1H3. The van der Waals surface area contributed by atoms with E-state index in [4.69, 9.17) is 0 Å². The number of likely N-dealkylation sites (tertiary alicyclic amines) is 1. The molecule has 1 fully saturated rings. The third-order valence-electron chi connectivity index (χ3n) is 6.88. The van der Waals surface area contributed by atoms with Crippen LogP contribution in [0.1, 0.15) is 23.7 Å². The summed E-state index contributed by atoms with van der Waals surface area (Å²) in [7, 11) is 0. The van der Waals surface area contributed by atoms with Crippen LogP contribution in [0.25, 0.3) is 28.0 Å². The Morgan fingerprint density at radius 1 is 0.886 bits per heavy atom. The van der Waals surface area contributed by atoms with Crippen molar-refractivity contribution in [2.75, 3.05) is 13.1 Å². The van der Waals surface area contributed by atoms with Crippen molar-refractivity contribution in [2.45, 2.75) is 25.9 Å². The van der Waals surface area contributed by atoms with Gasteiger partial charge in [0.2, 0.25) is 0 Å². The summed E-state index contributed by atoms with van der Waals surface area (Å²) in [6.07, 6.45) is 8.08. The molecule has 5 heterocycles. The molecule has 1 aromatic carbocycles. The fraction of sp³-hybridized carbons (Fsp3) is 0.214. The summed E-state index contributed by atoms with van der Waals surface area (Å²) in [5.41, 5.74) is 6.82. The van der Waals surface area contributed by atoms with Crippen molar-refractivity contribution >= 4 is 11.2 Å². The fourth-order valence-corrected chi connectivity index (χ4v) is 5.04. The molecule has 0 saturated carbocycles. The van der Waals surface area contributed by atoms with Gasteiger partial charge in [-0.3, -0.25) is 24.0 Å². The van der Waals surface area contributed by atoms with Gasteiger partial charge in [-0.25, -0.2) is 9.78 Å². The summed E-state index contributed by atoms with van der Waals surface area (Å²) in [6.45, 7) is 4.61. The summed E-state index contributed by atoms with van der Waals surface area (Å²) in [5, 5.41) is 0. The Balaban J connectivity index is 1.34. The van der Waals surface area contributed by atoms with Gasteiger partial charge in [-0.1, -0.05) is 18.2 Å². The van der Waals surface area contributed by atoms with E-state index in [2.05, 4.69) is 32.8 Å². The zero-order valence-electron chi connectivity index (χ0n) is 19.6. The molecule has 35 heavy (non-hydrogen) atoms. The van der Waals surface area contributed by atoms with Crippen LogP contribution in [0.3, 0.4) is 0 Å². The van der Waals surface area contributed by atoms with Crippen LogP contribution in [0.5, 0.6) is 0 Å². The molecule has 1 atom stereocenters. The van der Waals surface area contributed by atoms with Crippen LogP contribution in [-0.2, 0) is 6.54 Å². The van der Waals surface area contributed by atoms with Crippen LogP contribution in [-0.4, -0.2) is 42.1 Å². The smallest absolute Gasteiger partial charge is 0.295 e. The van der Waals surface area contributed by atoms with E-state index in [9.17, 15) is 4.79 Å². The van der Waals surface area contributed by atoms with Gasteiger partial charge < -0.3 is 0 Å². The average Bonchev–Trinajstić information content (AvgIpc) is 3.47. The molecule has 1 aliphatic rings. The number of aryl methyl sites for hydroxylation is 1. The first-order valence-corrected chi connectivity index (χ1v) is 11.9. The van der Waals surface area contributed by atoms with E-state index >= 15 is 0 Å². The molecule has 0 amide bonds. The summed E-state index contributed by atoms with van der Waals surface area (Å²) in [6, 6.07) is 20.0. The number of hydrogen-bond donors (Lipinski definition) is 0. The second-order valence-electron chi connectivity index (χ2n) is 9.06.